The Kier molecular flexibility index (Phi) is 6.87. The highest BCUT2D eigenvalue weighted by molar-refractivity contribution is 9.10. The lowest BCUT2D eigenvalue weighted by Crippen LogP contribution is -2.15. The van der Waals surface area contributed by atoms with Crippen LogP contribution in [0.5, 0.6) is 5.75 Å². The highest BCUT2D eigenvalue weighted by Gasteiger charge is 2.37. The molecule has 0 aliphatic carbocycles. The molecular weight excluding hydrogens is 393 g/mol. The van der Waals surface area contributed by atoms with E-state index in [9.17, 15) is 9.67 Å². The monoisotopic (exact) mass is 413 g/mol. The minimum Gasteiger partial charge on any atom is -0.508 e. The molecule has 5 nitrogen and oxygen atoms in total. The Morgan fingerprint density at radius 3 is 2.08 bits per heavy atom. The van der Waals surface area contributed by atoms with Crippen molar-refractivity contribution in [3.63, 3.8) is 0 Å². The molecule has 0 fully saturated rings. The smallest absolute Gasteiger partial charge is 0.357 e. The summed E-state index contributed by atoms with van der Waals surface area (Å²) >= 11 is 3.39. The van der Waals surface area contributed by atoms with Crippen LogP contribution in [0.1, 0.15) is 25.2 Å². The van der Waals surface area contributed by atoms with Crippen LogP contribution < -0.4 is 5.32 Å². The molecule has 1 atom stereocenters. The maximum Gasteiger partial charge on any atom is 0.357 e. The Bertz CT molecular complexity index is 681. The predicted molar refractivity (Wildman–Crippen MR) is 99.5 cm³/mol. The molecule has 0 saturated carbocycles. The number of halogens is 1. The fraction of sp³-hybridized carbons (Fsp3) is 0.294. The highest BCUT2D eigenvalue weighted by atomic mass is 79.9. The molecule has 0 spiro atoms. The van der Waals surface area contributed by atoms with Gasteiger partial charge in [-0.3, -0.25) is 4.57 Å². The van der Waals surface area contributed by atoms with Gasteiger partial charge in [0.2, 0.25) is 0 Å². The molecule has 0 unspecified atom stereocenters. The van der Waals surface area contributed by atoms with Gasteiger partial charge in [-0.1, -0.05) is 28.1 Å². The third kappa shape index (κ3) is 4.84. The summed E-state index contributed by atoms with van der Waals surface area (Å²) < 4.78 is 25.3. The van der Waals surface area contributed by atoms with Gasteiger partial charge in [0, 0.05) is 10.2 Å². The standard InChI is InChI=1S/C17H21BrNO4P/c1-3-22-24(21,23-4-2)17(13-5-11-16(20)12-6-13)19-15-9-7-14(18)8-10-15/h5-12,17,19-20H,3-4H2,1-2H3/t17-/m1/s1. The molecule has 2 aromatic carbocycles. The third-order valence-corrected chi connectivity index (χ3v) is 6.12. The number of hydrogen-bond acceptors (Lipinski definition) is 5. The molecule has 0 bridgehead atoms. The maximum atomic E-state index is 13.3. The lowest BCUT2D eigenvalue weighted by atomic mass is 10.2. The lowest BCUT2D eigenvalue weighted by molar-refractivity contribution is 0.214. The zero-order chi connectivity index (χ0) is 17.6. The number of rotatable bonds is 8. The number of anilines is 1. The minimum atomic E-state index is -3.45. The fourth-order valence-electron chi connectivity index (χ4n) is 2.25. The van der Waals surface area contributed by atoms with Gasteiger partial charge < -0.3 is 19.5 Å². The van der Waals surface area contributed by atoms with E-state index in [2.05, 4.69) is 21.2 Å². The average molecular weight is 414 g/mol. The second-order valence-corrected chi connectivity index (χ2v) is 8.05. The summed E-state index contributed by atoms with van der Waals surface area (Å²) in [5, 5.41) is 12.7. The Morgan fingerprint density at radius 2 is 1.58 bits per heavy atom. The van der Waals surface area contributed by atoms with Crippen LogP contribution in [-0.2, 0) is 13.6 Å². The van der Waals surface area contributed by atoms with Crippen molar-refractivity contribution in [2.45, 2.75) is 19.6 Å². The van der Waals surface area contributed by atoms with E-state index in [1.807, 2.05) is 24.3 Å². The number of benzene rings is 2. The molecule has 24 heavy (non-hydrogen) atoms. The van der Waals surface area contributed by atoms with E-state index in [4.69, 9.17) is 9.05 Å². The van der Waals surface area contributed by atoms with E-state index in [0.717, 1.165) is 10.2 Å². The Hall–Kier alpha value is -1.33. The Labute approximate surface area is 150 Å². The van der Waals surface area contributed by atoms with Gasteiger partial charge in [0.1, 0.15) is 5.75 Å². The molecule has 0 aromatic heterocycles. The van der Waals surface area contributed by atoms with Crippen LogP contribution in [-0.4, -0.2) is 18.3 Å². The largest absolute Gasteiger partial charge is 0.508 e. The van der Waals surface area contributed by atoms with Crippen molar-refractivity contribution < 1.29 is 18.7 Å². The highest BCUT2D eigenvalue weighted by Crippen LogP contribution is 2.60. The van der Waals surface area contributed by atoms with Crippen LogP contribution >= 0.6 is 23.5 Å². The minimum absolute atomic E-state index is 0.142. The molecule has 0 saturated heterocycles. The van der Waals surface area contributed by atoms with E-state index in [0.29, 0.717) is 5.56 Å². The van der Waals surface area contributed by atoms with Gasteiger partial charge in [0.25, 0.3) is 0 Å². The molecule has 0 amide bonds. The van der Waals surface area contributed by atoms with Crippen molar-refractivity contribution in [2.24, 2.45) is 0 Å². The Morgan fingerprint density at radius 1 is 1.04 bits per heavy atom. The summed E-state index contributed by atoms with van der Waals surface area (Å²) in [7, 11) is -3.45. The lowest BCUT2D eigenvalue weighted by Gasteiger charge is -2.28. The summed E-state index contributed by atoms with van der Waals surface area (Å²) in [5.74, 6) is -0.539. The first-order chi connectivity index (χ1) is 11.5. The first kappa shape index (κ1) is 19.0. The second kappa shape index (κ2) is 8.67. The molecule has 7 heteroatoms. The summed E-state index contributed by atoms with van der Waals surface area (Å²) in [5.41, 5.74) is 1.50. The number of nitrogens with one attached hydrogen (secondary N) is 1. The van der Waals surface area contributed by atoms with Gasteiger partial charge in [0.05, 0.1) is 13.2 Å². The van der Waals surface area contributed by atoms with Crippen molar-refractivity contribution >= 4 is 29.2 Å². The van der Waals surface area contributed by atoms with E-state index in [1.165, 1.54) is 0 Å². The molecule has 130 valence electrons. The predicted octanol–water partition coefficient (Wildman–Crippen LogP) is 5.53. The maximum absolute atomic E-state index is 13.3. The van der Waals surface area contributed by atoms with Gasteiger partial charge >= 0.3 is 7.60 Å². The van der Waals surface area contributed by atoms with Crippen LogP contribution in [0.4, 0.5) is 5.69 Å². The van der Waals surface area contributed by atoms with Crippen molar-refractivity contribution in [2.75, 3.05) is 18.5 Å². The summed E-state index contributed by atoms with van der Waals surface area (Å²) in [6, 6.07) is 14.0. The first-order valence-electron chi connectivity index (χ1n) is 7.68. The van der Waals surface area contributed by atoms with Gasteiger partial charge in [-0.05, 0) is 55.8 Å². The average Bonchev–Trinajstić information content (AvgIpc) is 2.56. The Balaban J connectivity index is 2.41. The van der Waals surface area contributed by atoms with Crippen LogP contribution in [0, 0.1) is 0 Å². The van der Waals surface area contributed by atoms with Gasteiger partial charge in [-0.15, -0.1) is 0 Å². The summed E-state index contributed by atoms with van der Waals surface area (Å²) in [6.07, 6.45) is 0. The van der Waals surface area contributed by atoms with Crippen LogP contribution in [0.15, 0.2) is 53.0 Å². The zero-order valence-corrected chi connectivity index (χ0v) is 16.1. The molecule has 2 N–H and O–H groups in total. The number of aromatic hydroxyl groups is 1. The topological polar surface area (TPSA) is 67.8 Å². The van der Waals surface area contributed by atoms with Crippen molar-refractivity contribution in [3.8, 4) is 5.75 Å². The SMILES string of the molecule is CCOP(=O)(OCC)[C@@H](Nc1ccc(Br)cc1)c1ccc(O)cc1. The normalized spacial score (nSPS) is 12.8. The summed E-state index contributed by atoms with van der Waals surface area (Å²) in [6.45, 7) is 4.10. The number of phenolic OH excluding ortho intramolecular Hbond substituents is 1. The van der Waals surface area contributed by atoms with Crippen molar-refractivity contribution in [1.29, 1.82) is 0 Å². The van der Waals surface area contributed by atoms with Crippen LogP contribution in [0.2, 0.25) is 0 Å². The molecule has 0 aliphatic rings. The summed E-state index contributed by atoms with van der Waals surface area (Å²) in [4.78, 5) is 0. The molecule has 0 aliphatic heterocycles. The van der Waals surface area contributed by atoms with E-state index in [1.54, 1.807) is 38.1 Å². The van der Waals surface area contributed by atoms with E-state index < -0.39 is 13.4 Å². The van der Waals surface area contributed by atoms with Gasteiger partial charge in [0.15, 0.2) is 5.78 Å². The molecule has 2 aromatic rings. The fourth-order valence-corrected chi connectivity index (χ4v) is 4.45. The van der Waals surface area contributed by atoms with E-state index in [-0.39, 0.29) is 19.0 Å². The molecule has 0 heterocycles. The second-order valence-electron chi connectivity index (χ2n) is 5.02. The van der Waals surface area contributed by atoms with Crippen LogP contribution in [0.3, 0.4) is 0 Å². The van der Waals surface area contributed by atoms with Gasteiger partial charge in [-0.2, -0.15) is 0 Å². The van der Waals surface area contributed by atoms with Gasteiger partial charge in [-0.25, -0.2) is 0 Å². The first-order valence-corrected chi connectivity index (χ1v) is 10.1. The van der Waals surface area contributed by atoms with Crippen molar-refractivity contribution in [1.82, 2.24) is 0 Å². The van der Waals surface area contributed by atoms with E-state index >= 15 is 0 Å². The molecule has 2 rings (SSSR count). The number of hydrogen-bond donors (Lipinski definition) is 2. The number of phenols is 1. The molecule has 0 radical (unpaired) electrons. The zero-order valence-electron chi connectivity index (χ0n) is 13.6. The quantitative estimate of drug-likeness (QED) is 0.556. The van der Waals surface area contributed by atoms with Crippen molar-refractivity contribution in [3.05, 3.63) is 58.6 Å². The third-order valence-electron chi connectivity index (χ3n) is 3.29. The van der Waals surface area contributed by atoms with Crippen LogP contribution in [0.25, 0.3) is 0 Å². The molecular formula is C17H21BrNO4P.